The molecule has 0 spiro atoms. The molecule has 0 aromatic rings. The zero-order valence-electron chi connectivity index (χ0n) is 42.2. The van der Waals surface area contributed by atoms with Gasteiger partial charge in [0.1, 0.15) is 32.5 Å². The monoisotopic (exact) mass is 963 g/mol. The third-order valence-corrected chi connectivity index (χ3v) is 15.2. The topological polar surface area (TPSA) is 181 Å². The van der Waals surface area contributed by atoms with E-state index < -0.39 is 30.6 Å². The van der Waals surface area contributed by atoms with E-state index in [2.05, 4.69) is 0 Å². The maximum absolute atomic E-state index is 12.9. The average Bonchev–Trinajstić information content (AvgIpc) is 3.36. The van der Waals surface area contributed by atoms with Gasteiger partial charge in [0, 0.05) is 32.1 Å². The maximum Gasteiger partial charge on any atom is 0.306 e. The van der Waals surface area contributed by atoms with Crippen LogP contribution in [0, 0.1) is 23.7 Å². The molecule has 2 N–H and O–H groups in total. The maximum atomic E-state index is 12.9. The van der Waals surface area contributed by atoms with Crippen LogP contribution in [0.15, 0.2) is 0 Å². The predicted molar refractivity (Wildman–Crippen MR) is 260 cm³/mol. The molecule has 4 fully saturated rings. The Morgan fingerprint density at radius 1 is 0.368 bits per heavy atom. The van der Waals surface area contributed by atoms with Crippen LogP contribution in [0.2, 0.25) is 0 Å². The molecule has 392 valence electrons. The number of ether oxygens (including phenoxy) is 6. The molecule has 0 aliphatic heterocycles. The summed E-state index contributed by atoms with van der Waals surface area (Å²) in [6.45, 7) is -0.449. The summed E-state index contributed by atoms with van der Waals surface area (Å²) < 4.78 is 33.7. The first-order chi connectivity index (χ1) is 33.1. The fourth-order valence-corrected chi connectivity index (χ4v) is 10.8. The predicted octanol–water partition coefficient (Wildman–Crippen LogP) is 11.5. The summed E-state index contributed by atoms with van der Waals surface area (Å²) in [5, 5.41) is 21.4. The summed E-state index contributed by atoms with van der Waals surface area (Å²) in [5.74, 6) is 0.590. The SMILES string of the molecule is O=C(CCC1CCCCC1)OCC(COC(=O)CCC1CCCCC1)OC(=O)CCCCCC(O)CCCCCC(O)OC(COC(=O)CCC1CCCCC1)COC(=O)CCC1CCCCC1. The van der Waals surface area contributed by atoms with E-state index in [0.717, 1.165) is 103 Å². The van der Waals surface area contributed by atoms with Crippen molar-refractivity contribution in [3.05, 3.63) is 0 Å². The van der Waals surface area contributed by atoms with Gasteiger partial charge in [-0.15, -0.1) is 0 Å². The first-order valence-electron chi connectivity index (χ1n) is 27.9. The van der Waals surface area contributed by atoms with Crippen LogP contribution in [0.4, 0.5) is 0 Å². The third-order valence-electron chi connectivity index (χ3n) is 15.2. The molecule has 4 rings (SSSR count). The van der Waals surface area contributed by atoms with Crippen molar-refractivity contribution >= 4 is 29.8 Å². The third kappa shape index (κ3) is 28.2. The molecule has 0 aromatic carbocycles. The lowest BCUT2D eigenvalue weighted by Crippen LogP contribution is -2.32. The molecule has 0 amide bonds. The molecule has 0 saturated heterocycles. The number of unbranched alkanes of at least 4 members (excludes halogenated alkanes) is 4. The Morgan fingerprint density at radius 3 is 1.06 bits per heavy atom. The molecule has 0 bridgehead atoms. The van der Waals surface area contributed by atoms with Gasteiger partial charge in [0.05, 0.1) is 6.10 Å². The van der Waals surface area contributed by atoms with Crippen molar-refractivity contribution in [2.45, 2.75) is 269 Å². The summed E-state index contributed by atoms with van der Waals surface area (Å²) in [6, 6.07) is 0. The molecular weight excluding hydrogens is 869 g/mol. The number of carbonyl (C=O) groups excluding carboxylic acids is 5. The fourth-order valence-electron chi connectivity index (χ4n) is 10.8. The van der Waals surface area contributed by atoms with Crippen LogP contribution in [-0.2, 0) is 52.4 Å². The van der Waals surface area contributed by atoms with Gasteiger partial charge in [0.25, 0.3) is 0 Å². The molecule has 4 aliphatic carbocycles. The van der Waals surface area contributed by atoms with Crippen LogP contribution in [0.5, 0.6) is 0 Å². The summed E-state index contributed by atoms with van der Waals surface area (Å²) >= 11 is 0. The molecule has 0 aromatic heterocycles. The Kier molecular flexibility index (Phi) is 30.8. The minimum absolute atomic E-state index is 0.0841. The molecule has 68 heavy (non-hydrogen) atoms. The van der Waals surface area contributed by atoms with Crippen molar-refractivity contribution in [2.24, 2.45) is 23.7 Å². The Hall–Kier alpha value is -2.77. The van der Waals surface area contributed by atoms with Gasteiger partial charge in [-0.1, -0.05) is 154 Å². The summed E-state index contributed by atoms with van der Waals surface area (Å²) in [6.07, 6.45) is 31.5. The van der Waals surface area contributed by atoms with E-state index in [4.69, 9.17) is 28.4 Å². The van der Waals surface area contributed by atoms with Crippen molar-refractivity contribution in [1.29, 1.82) is 0 Å². The van der Waals surface area contributed by atoms with Crippen molar-refractivity contribution in [2.75, 3.05) is 26.4 Å². The number of carbonyl (C=O) groups is 5. The Morgan fingerprint density at radius 2 is 0.691 bits per heavy atom. The second-order valence-corrected chi connectivity index (χ2v) is 21.1. The molecule has 2 atom stereocenters. The molecular formula is C55H94O13. The summed E-state index contributed by atoms with van der Waals surface area (Å²) in [7, 11) is 0. The van der Waals surface area contributed by atoms with E-state index >= 15 is 0 Å². The van der Waals surface area contributed by atoms with E-state index in [1.54, 1.807) is 0 Å². The van der Waals surface area contributed by atoms with E-state index in [9.17, 15) is 34.2 Å². The Bertz CT molecular complexity index is 1290. The number of rotatable bonds is 35. The van der Waals surface area contributed by atoms with E-state index in [0.29, 0.717) is 81.5 Å². The van der Waals surface area contributed by atoms with Gasteiger partial charge in [0.2, 0.25) is 0 Å². The molecule has 13 heteroatoms. The van der Waals surface area contributed by atoms with Gasteiger partial charge >= 0.3 is 29.8 Å². The van der Waals surface area contributed by atoms with Crippen LogP contribution in [0.25, 0.3) is 0 Å². The molecule has 4 saturated carbocycles. The molecule has 2 unspecified atom stereocenters. The number of aliphatic hydroxyl groups excluding tert-OH is 2. The largest absolute Gasteiger partial charge is 0.463 e. The summed E-state index contributed by atoms with van der Waals surface area (Å²) in [5.41, 5.74) is 0. The first-order valence-corrected chi connectivity index (χ1v) is 27.9. The lowest BCUT2D eigenvalue weighted by atomic mass is 9.86. The van der Waals surface area contributed by atoms with Crippen LogP contribution in [0.3, 0.4) is 0 Å². The Labute approximate surface area is 410 Å². The molecule has 4 aliphatic rings. The van der Waals surface area contributed by atoms with Crippen molar-refractivity contribution in [1.82, 2.24) is 0 Å². The highest BCUT2D eigenvalue weighted by molar-refractivity contribution is 5.71. The van der Waals surface area contributed by atoms with Gasteiger partial charge in [-0.3, -0.25) is 24.0 Å². The highest BCUT2D eigenvalue weighted by Gasteiger charge is 2.24. The quantitative estimate of drug-likeness (QED) is 0.0265. The lowest BCUT2D eigenvalue weighted by Gasteiger charge is -2.23. The van der Waals surface area contributed by atoms with Gasteiger partial charge in [0.15, 0.2) is 12.4 Å². The standard InChI is InChI=1S/C55H94O13/c56-47(27-15-5-17-29-54(61)67-48(39-63-50(57)35-31-43-19-7-1-8-20-43)40-64-51(58)36-32-44-21-9-2-10-22-44)28-16-6-18-30-55(62)68-49(41-65-52(59)37-33-45-23-11-3-12-24-45)42-66-53(60)38-34-46-25-13-4-14-26-46/h43-49,54,56,61H,1-42H2. The highest BCUT2D eigenvalue weighted by atomic mass is 16.6. The van der Waals surface area contributed by atoms with E-state index in [-0.39, 0.29) is 56.7 Å². The Balaban J connectivity index is 1.07. The molecule has 0 heterocycles. The van der Waals surface area contributed by atoms with Crippen molar-refractivity contribution < 1.29 is 62.6 Å². The number of hydrogen-bond acceptors (Lipinski definition) is 13. The van der Waals surface area contributed by atoms with Crippen LogP contribution < -0.4 is 0 Å². The van der Waals surface area contributed by atoms with Crippen molar-refractivity contribution in [3.8, 4) is 0 Å². The zero-order valence-corrected chi connectivity index (χ0v) is 42.2. The number of aliphatic hydroxyl groups is 2. The minimum atomic E-state index is -1.11. The van der Waals surface area contributed by atoms with Gasteiger partial charge in [-0.25, -0.2) is 0 Å². The van der Waals surface area contributed by atoms with Crippen LogP contribution in [-0.4, -0.2) is 91.1 Å². The zero-order chi connectivity index (χ0) is 48.4. The average molecular weight is 963 g/mol. The van der Waals surface area contributed by atoms with E-state index in [1.165, 1.54) is 77.0 Å². The second kappa shape index (κ2) is 36.2. The lowest BCUT2D eigenvalue weighted by molar-refractivity contribution is -0.183. The van der Waals surface area contributed by atoms with Crippen molar-refractivity contribution in [3.63, 3.8) is 0 Å². The number of esters is 5. The molecule has 13 nitrogen and oxygen atoms in total. The fraction of sp³-hybridized carbons (Fsp3) is 0.909. The van der Waals surface area contributed by atoms with Gasteiger partial charge in [-0.05, 0) is 81.5 Å². The first kappa shape index (κ1) is 57.8. The van der Waals surface area contributed by atoms with Gasteiger partial charge < -0.3 is 38.6 Å². The minimum Gasteiger partial charge on any atom is -0.463 e. The van der Waals surface area contributed by atoms with Crippen LogP contribution in [0.1, 0.15) is 244 Å². The van der Waals surface area contributed by atoms with E-state index in [1.807, 2.05) is 0 Å². The van der Waals surface area contributed by atoms with Gasteiger partial charge in [-0.2, -0.15) is 0 Å². The normalized spacial score (nSPS) is 18.8. The summed E-state index contributed by atoms with van der Waals surface area (Å²) in [4.78, 5) is 63.3. The number of hydrogen-bond donors (Lipinski definition) is 2. The van der Waals surface area contributed by atoms with Crippen LogP contribution >= 0.6 is 0 Å². The smallest absolute Gasteiger partial charge is 0.306 e. The molecule has 0 radical (unpaired) electrons. The second-order valence-electron chi connectivity index (χ2n) is 21.1. The highest BCUT2D eigenvalue weighted by Crippen LogP contribution is 2.30.